The fourth-order valence-electron chi connectivity index (χ4n) is 2.16. The highest BCUT2D eigenvalue weighted by Crippen LogP contribution is 2.17. The minimum atomic E-state index is 0.811. The Morgan fingerprint density at radius 2 is 2.16 bits per heavy atom. The van der Waals surface area contributed by atoms with Crippen molar-refractivity contribution in [1.29, 1.82) is 0 Å². The number of nitrogens with zero attached hydrogens (tertiary/aromatic N) is 2. The largest absolute Gasteiger partial charge is 0.307 e. The lowest BCUT2D eigenvalue weighted by Gasteiger charge is -2.07. The molecule has 0 aliphatic rings. The molecule has 0 unspecified atom stereocenters. The summed E-state index contributed by atoms with van der Waals surface area (Å²) >= 11 is 1.69. The van der Waals surface area contributed by atoms with Crippen LogP contribution in [0.15, 0.2) is 42.0 Å². The van der Waals surface area contributed by atoms with E-state index in [9.17, 15) is 0 Å². The van der Waals surface area contributed by atoms with Crippen LogP contribution in [0, 0.1) is 6.92 Å². The molecule has 0 saturated heterocycles. The van der Waals surface area contributed by atoms with Crippen molar-refractivity contribution >= 4 is 22.1 Å². The summed E-state index contributed by atoms with van der Waals surface area (Å²) in [5, 5.41) is 9.12. The molecule has 0 bridgehead atoms. The van der Waals surface area contributed by atoms with Crippen molar-refractivity contribution in [3.63, 3.8) is 0 Å². The molecule has 1 aromatic carbocycles. The van der Waals surface area contributed by atoms with E-state index in [1.54, 1.807) is 11.3 Å². The molecule has 3 rings (SSSR count). The zero-order valence-electron chi connectivity index (χ0n) is 10.8. The summed E-state index contributed by atoms with van der Waals surface area (Å²) < 4.78 is 0. The Morgan fingerprint density at radius 1 is 1.21 bits per heavy atom. The molecular formula is C15H15N3S. The van der Waals surface area contributed by atoms with Crippen molar-refractivity contribution in [2.45, 2.75) is 20.0 Å². The SMILES string of the molecule is Cc1nc(CNCc2cccc3cnccc23)cs1. The van der Waals surface area contributed by atoms with Gasteiger partial charge in [0, 0.05) is 36.2 Å². The second-order valence-corrected chi connectivity index (χ2v) is 5.54. The Balaban J connectivity index is 1.71. The third kappa shape index (κ3) is 2.80. The predicted octanol–water partition coefficient (Wildman–Crippen LogP) is 3.29. The molecule has 0 amide bonds. The van der Waals surface area contributed by atoms with E-state index in [4.69, 9.17) is 0 Å². The summed E-state index contributed by atoms with van der Waals surface area (Å²) in [7, 11) is 0. The van der Waals surface area contributed by atoms with Gasteiger partial charge in [0.05, 0.1) is 10.7 Å². The Kier molecular flexibility index (Phi) is 3.53. The molecular weight excluding hydrogens is 254 g/mol. The number of fused-ring (bicyclic) bond motifs is 1. The van der Waals surface area contributed by atoms with Crippen LogP contribution in [0.1, 0.15) is 16.3 Å². The van der Waals surface area contributed by atoms with Crippen LogP contribution in [0.2, 0.25) is 0 Å². The van der Waals surface area contributed by atoms with Gasteiger partial charge in [-0.3, -0.25) is 4.98 Å². The number of aryl methyl sites for hydroxylation is 1. The number of aromatic nitrogens is 2. The highest BCUT2D eigenvalue weighted by atomic mass is 32.1. The molecule has 1 N–H and O–H groups in total. The van der Waals surface area contributed by atoms with Crippen molar-refractivity contribution in [2.24, 2.45) is 0 Å². The molecule has 0 spiro atoms. The van der Waals surface area contributed by atoms with Crippen molar-refractivity contribution in [3.05, 3.63) is 58.3 Å². The van der Waals surface area contributed by atoms with E-state index in [0.717, 1.165) is 23.8 Å². The summed E-state index contributed by atoms with van der Waals surface area (Å²) in [6.07, 6.45) is 3.75. The molecule has 19 heavy (non-hydrogen) atoms. The molecule has 0 aliphatic carbocycles. The van der Waals surface area contributed by atoms with Crippen LogP contribution in [0.25, 0.3) is 10.8 Å². The van der Waals surface area contributed by atoms with Gasteiger partial charge in [0.25, 0.3) is 0 Å². The lowest BCUT2D eigenvalue weighted by atomic mass is 10.1. The van der Waals surface area contributed by atoms with Gasteiger partial charge in [-0.1, -0.05) is 18.2 Å². The third-order valence-corrected chi connectivity index (χ3v) is 3.88. The average Bonchev–Trinajstić information content (AvgIpc) is 2.85. The minimum Gasteiger partial charge on any atom is -0.307 e. The zero-order valence-corrected chi connectivity index (χ0v) is 11.6. The van der Waals surface area contributed by atoms with Crippen LogP contribution in [0.3, 0.4) is 0 Å². The monoisotopic (exact) mass is 269 g/mol. The molecule has 0 radical (unpaired) electrons. The number of benzene rings is 1. The standard InChI is InChI=1S/C15H15N3S/c1-11-18-14(10-19-11)9-17-8-13-4-2-3-12-7-16-6-5-15(12)13/h2-7,10,17H,8-9H2,1H3. The molecule has 2 heterocycles. The highest BCUT2D eigenvalue weighted by molar-refractivity contribution is 7.09. The molecule has 0 fully saturated rings. The van der Waals surface area contributed by atoms with Gasteiger partial charge in [-0.25, -0.2) is 4.98 Å². The topological polar surface area (TPSA) is 37.8 Å². The van der Waals surface area contributed by atoms with E-state index in [1.807, 2.05) is 19.3 Å². The van der Waals surface area contributed by atoms with Crippen LogP contribution in [-0.2, 0) is 13.1 Å². The van der Waals surface area contributed by atoms with Crippen molar-refractivity contribution in [3.8, 4) is 0 Å². The molecule has 0 atom stereocenters. The van der Waals surface area contributed by atoms with Crippen molar-refractivity contribution in [1.82, 2.24) is 15.3 Å². The Bertz CT molecular complexity index is 685. The zero-order chi connectivity index (χ0) is 13.1. The average molecular weight is 269 g/mol. The van der Waals surface area contributed by atoms with Crippen molar-refractivity contribution in [2.75, 3.05) is 0 Å². The summed E-state index contributed by atoms with van der Waals surface area (Å²) in [5.41, 5.74) is 2.41. The molecule has 0 saturated carbocycles. The fourth-order valence-corrected chi connectivity index (χ4v) is 2.77. The first-order valence-electron chi connectivity index (χ1n) is 6.26. The first kappa shape index (κ1) is 12.3. The fraction of sp³-hybridized carbons (Fsp3) is 0.200. The van der Waals surface area contributed by atoms with Gasteiger partial charge in [0.15, 0.2) is 0 Å². The van der Waals surface area contributed by atoms with E-state index in [0.29, 0.717) is 0 Å². The summed E-state index contributed by atoms with van der Waals surface area (Å²) in [6.45, 7) is 3.69. The van der Waals surface area contributed by atoms with E-state index >= 15 is 0 Å². The van der Waals surface area contributed by atoms with Gasteiger partial charge in [0.2, 0.25) is 0 Å². The van der Waals surface area contributed by atoms with Crippen LogP contribution >= 0.6 is 11.3 Å². The second kappa shape index (κ2) is 5.47. The third-order valence-electron chi connectivity index (χ3n) is 3.06. The van der Waals surface area contributed by atoms with Crippen LogP contribution in [0.4, 0.5) is 0 Å². The van der Waals surface area contributed by atoms with Gasteiger partial charge in [-0.2, -0.15) is 0 Å². The van der Waals surface area contributed by atoms with E-state index in [1.165, 1.54) is 16.3 Å². The number of hydrogen-bond donors (Lipinski definition) is 1. The lowest BCUT2D eigenvalue weighted by molar-refractivity contribution is 0.684. The molecule has 4 heteroatoms. The second-order valence-electron chi connectivity index (χ2n) is 4.48. The van der Waals surface area contributed by atoms with E-state index < -0.39 is 0 Å². The predicted molar refractivity (Wildman–Crippen MR) is 79.1 cm³/mol. The summed E-state index contributed by atoms with van der Waals surface area (Å²) in [6, 6.07) is 8.39. The maximum absolute atomic E-state index is 4.45. The van der Waals surface area contributed by atoms with Gasteiger partial charge >= 0.3 is 0 Å². The van der Waals surface area contributed by atoms with Crippen LogP contribution in [-0.4, -0.2) is 9.97 Å². The first-order chi connectivity index (χ1) is 9.33. The quantitative estimate of drug-likeness (QED) is 0.789. The summed E-state index contributed by atoms with van der Waals surface area (Å²) in [5.74, 6) is 0. The highest BCUT2D eigenvalue weighted by Gasteiger charge is 2.01. The number of pyridine rings is 1. The van der Waals surface area contributed by atoms with Crippen molar-refractivity contribution < 1.29 is 0 Å². The maximum Gasteiger partial charge on any atom is 0.0897 e. The number of hydrogen-bond acceptors (Lipinski definition) is 4. The molecule has 2 aromatic heterocycles. The van der Waals surface area contributed by atoms with Crippen LogP contribution in [0.5, 0.6) is 0 Å². The maximum atomic E-state index is 4.45. The Hall–Kier alpha value is -1.78. The van der Waals surface area contributed by atoms with Gasteiger partial charge in [-0.15, -0.1) is 11.3 Å². The summed E-state index contributed by atoms with van der Waals surface area (Å²) in [4.78, 5) is 8.61. The lowest BCUT2D eigenvalue weighted by Crippen LogP contribution is -2.13. The number of thiazole rings is 1. The van der Waals surface area contributed by atoms with E-state index in [-0.39, 0.29) is 0 Å². The number of rotatable bonds is 4. The number of nitrogens with one attached hydrogen (secondary N) is 1. The van der Waals surface area contributed by atoms with Gasteiger partial charge < -0.3 is 5.32 Å². The first-order valence-corrected chi connectivity index (χ1v) is 7.14. The molecule has 3 aromatic rings. The van der Waals surface area contributed by atoms with E-state index in [2.05, 4.69) is 44.9 Å². The molecule has 3 nitrogen and oxygen atoms in total. The minimum absolute atomic E-state index is 0.811. The van der Waals surface area contributed by atoms with Gasteiger partial charge in [-0.05, 0) is 23.9 Å². The van der Waals surface area contributed by atoms with Crippen LogP contribution < -0.4 is 5.32 Å². The van der Waals surface area contributed by atoms with Gasteiger partial charge in [0.1, 0.15) is 0 Å². The smallest absolute Gasteiger partial charge is 0.0897 e. The Morgan fingerprint density at radius 3 is 3.00 bits per heavy atom. The molecule has 0 aliphatic heterocycles. The molecule has 96 valence electrons. The Labute approximate surface area is 116 Å². The normalized spacial score (nSPS) is 11.0.